The molecule has 1 radical (unpaired) electrons. The predicted molar refractivity (Wildman–Crippen MR) is 43.0 cm³/mol. The van der Waals surface area contributed by atoms with E-state index in [1.807, 2.05) is 12.1 Å². The quantitative estimate of drug-likeness (QED) is 0.626. The Morgan fingerprint density at radius 1 is 1.73 bits per heavy atom. The number of anilines is 1. The molecule has 11 heavy (non-hydrogen) atoms. The molecule has 0 aliphatic carbocycles. The maximum Gasteiger partial charge on any atom is 0.114 e. The summed E-state index contributed by atoms with van der Waals surface area (Å²) in [6, 6.07) is 3.88. The fraction of sp³-hybridized carbons (Fsp3) is 0.375. The van der Waals surface area contributed by atoms with E-state index in [0.29, 0.717) is 0 Å². The van der Waals surface area contributed by atoms with Crippen LogP contribution in [-0.4, -0.2) is 17.7 Å². The van der Waals surface area contributed by atoms with Gasteiger partial charge >= 0.3 is 0 Å². The molecular weight excluding hydrogens is 138 g/mol. The molecule has 57 valence electrons. The first-order valence-corrected chi connectivity index (χ1v) is 3.73. The Morgan fingerprint density at radius 3 is 3.09 bits per heavy atom. The highest BCUT2D eigenvalue weighted by Crippen LogP contribution is 2.21. The number of nitrogens with zero attached hydrogens (tertiary/aromatic N) is 2. The van der Waals surface area contributed by atoms with E-state index < -0.39 is 0 Å². The van der Waals surface area contributed by atoms with Gasteiger partial charge in [0.1, 0.15) is 6.20 Å². The Morgan fingerprint density at radius 2 is 2.64 bits per heavy atom. The summed E-state index contributed by atoms with van der Waals surface area (Å²) in [4.78, 5) is 5.99. The van der Waals surface area contributed by atoms with Crippen LogP contribution in [0.15, 0.2) is 18.3 Å². The van der Waals surface area contributed by atoms with Gasteiger partial charge in [-0.1, -0.05) is 0 Å². The maximum absolute atomic E-state index is 5.73. The van der Waals surface area contributed by atoms with E-state index in [9.17, 15) is 0 Å². The lowest BCUT2D eigenvalue weighted by molar-refractivity contribution is 0.461. The fourth-order valence-electron chi connectivity index (χ4n) is 1.18. The molecule has 1 atom stereocenters. The average Bonchev–Trinajstić information content (AvgIpc) is 2.04. The van der Waals surface area contributed by atoms with Gasteiger partial charge in [0.2, 0.25) is 0 Å². The molecule has 1 aromatic heterocycles. The molecule has 1 saturated heterocycles. The first-order chi connectivity index (χ1) is 5.38. The summed E-state index contributed by atoms with van der Waals surface area (Å²) in [5.41, 5.74) is 6.74. The van der Waals surface area contributed by atoms with Gasteiger partial charge in [-0.2, -0.15) is 0 Å². The zero-order valence-corrected chi connectivity index (χ0v) is 6.20. The largest absolute Gasteiger partial charge is 0.354 e. The molecule has 2 N–H and O–H groups in total. The van der Waals surface area contributed by atoms with Crippen molar-refractivity contribution in [3.05, 3.63) is 24.5 Å². The normalized spacial score (nSPS) is 23.0. The molecule has 3 heteroatoms. The van der Waals surface area contributed by atoms with E-state index in [4.69, 9.17) is 5.73 Å². The van der Waals surface area contributed by atoms with Crippen LogP contribution in [0.5, 0.6) is 0 Å². The summed E-state index contributed by atoms with van der Waals surface area (Å²) in [7, 11) is 0. The van der Waals surface area contributed by atoms with Gasteiger partial charge in [0, 0.05) is 12.7 Å². The second-order valence-electron chi connectivity index (χ2n) is 2.68. The molecule has 1 aliphatic rings. The topological polar surface area (TPSA) is 42.1 Å². The number of pyridine rings is 1. The second kappa shape index (κ2) is 2.51. The SMILES string of the molecule is NC1CCN1c1[c]nccc1. The number of hydrogen-bond donors (Lipinski definition) is 1. The van der Waals surface area contributed by atoms with Gasteiger partial charge in [0.05, 0.1) is 11.9 Å². The Hall–Kier alpha value is -1.09. The van der Waals surface area contributed by atoms with Gasteiger partial charge in [-0.25, -0.2) is 0 Å². The van der Waals surface area contributed by atoms with Crippen molar-refractivity contribution in [3.63, 3.8) is 0 Å². The summed E-state index contributed by atoms with van der Waals surface area (Å²) < 4.78 is 0. The first-order valence-electron chi connectivity index (χ1n) is 3.73. The van der Waals surface area contributed by atoms with Crippen molar-refractivity contribution in [3.8, 4) is 0 Å². The van der Waals surface area contributed by atoms with Crippen LogP contribution in [0.3, 0.4) is 0 Å². The Balaban J connectivity index is 2.17. The third kappa shape index (κ3) is 1.07. The van der Waals surface area contributed by atoms with Crippen molar-refractivity contribution in [2.75, 3.05) is 11.4 Å². The van der Waals surface area contributed by atoms with Crippen molar-refractivity contribution in [1.82, 2.24) is 4.98 Å². The lowest BCUT2D eigenvalue weighted by Crippen LogP contribution is -2.53. The lowest BCUT2D eigenvalue weighted by Gasteiger charge is -2.39. The molecule has 0 aromatic carbocycles. The third-order valence-corrected chi connectivity index (χ3v) is 1.97. The van der Waals surface area contributed by atoms with Crippen LogP contribution >= 0.6 is 0 Å². The Labute approximate surface area is 65.8 Å². The van der Waals surface area contributed by atoms with Crippen LogP contribution in [0, 0.1) is 6.20 Å². The van der Waals surface area contributed by atoms with Gasteiger partial charge in [0.15, 0.2) is 0 Å². The van der Waals surface area contributed by atoms with E-state index >= 15 is 0 Å². The van der Waals surface area contributed by atoms with Gasteiger partial charge in [-0.05, 0) is 18.6 Å². The molecule has 1 aromatic rings. The zero-order valence-electron chi connectivity index (χ0n) is 6.20. The first kappa shape index (κ1) is 6.61. The summed E-state index contributed by atoms with van der Waals surface area (Å²) in [5, 5.41) is 0. The van der Waals surface area contributed by atoms with Crippen LogP contribution in [0.4, 0.5) is 5.69 Å². The van der Waals surface area contributed by atoms with Crippen LogP contribution in [0.25, 0.3) is 0 Å². The van der Waals surface area contributed by atoms with E-state index in [1.165, 1.54) is 0 Å². The summed E-state index contributed by atoms with van der Waals surface area (Å²) in [5.74, 6) is 0. The lowest BCUT2D eigenvalue weighted by atomic mass is 10.1. The highest BCUT2D eigenvalue weighted by Gasteiger charge is 2.23. The summed E-state index contributed by atoms with van der Waals surface area (Å²) >= 11 is 0. The molecule has 2 heterocycles. The van der Waals surface area contributed by atoms with Crippen LogP contribution in [-0.2, 0) is 0 Å². The van der Waals surface area contributed by atoms with Crippen molar-refractivity contribution >= 4 is 5.69 Å². The minimum atomic E-state index is 0.176. The van der Waals surface area contributed by atoms with Crippen molar-refractivity contribution < 1.29 is 0 Å². The van der Waals surface area contributed by atoms with Crippen LogP contribution in [0.1, 0.15) is 6.42 Å². The van der Waals surface area contributed by atoms with Gasteiger partial charge < -0.3 is 10.6 Å². The van der Waals surface area contributed by atoms with Crippen molar-refractivity contribution in [2.45, 2.75) is 12.6 Å². The number of hydrogen-bond acceptors (Lipinski definition) is 3. The molecule has 3 nitrogen and oxygen atoms in total. The highest BCUT2D eigenvalue weighted by atomic mass is 15.3. The predicted octanol–water partition coefficient (Wildman–Crippen LogP) is 0.377. The monoisotopic (exact) mass is 148 g/mol. The highest BCUT2D eigenvalue weighted by molar-refractivity contribution is 5.45. The van der Waals surface area contributed by atoms with E-state index in [-0.39, 0.29) is 6.17 Å². The van der Waals surface area contributed by atoms with Gasteiger partial charge in [-0.3, -0.25) is 4.98 Å². The van der Waals surface area contributed by atoms with E-state index in [2.05, 4.69) is 16.1 Å². The molecule has 0 amide bonds. The summed E-state index contributed by atoms with van der Waals surface area (Å²) in [6.45, 7) is 1.03. The average molecular weight is 148 g/mol. The van der Waals surface area contributed by atoms with Crippen molar-refractivity contribution in [1.29, 1.82) is 0 Å². The Kier molecular flexibility index (Phi) is 1.51. The van der Waals surface area contributed by atoms with E-state index in [0.717, 1.165) is 18.7 Å². The number of rotatable bonds is 1. The molecule has 2 rings (SSSR count). The molecule has 0 bridgehead atoms. The van der Waals surface area contributed by atoms with Gasteiger partial charge in [-0.15, -0.1) is 0 Å². The molecule has 1 fully saturated rings. The third-order valence-electron chi connectivity index (χ3n) is 1.97. The molecule has 1 unspecified atom stereocenters. The number of nitrogens with two attached hydrogens (primary N) is 1. The van der Waals surface area contributed by atoms with Crippen LogP contribution < -0.4 is 10.6 Å². The molecule has 0 saturated carbocycles. The summed E-state index contributed by atoms with van der Waals surface area (Å²) in [6.07, 6.45) is 5.86. The molecule has 1 aliphatic heterocycles. The second-order valence-corrected chi connectivity index (χ2v) is 2.68. The van der Waals surface area contributed by atoms with Gasteiger partial charge in [0.25, 0.3) is 0 Å². The zero-order chi connectivity index (χ0) is 7.68. The van der Waals surface area contributed by atoms with Crippen LogP contribution in [0.2, 0.25) is 0 Å². The number of aromatic nitrogens is 1. The minimum Gasteiger partial charge on any atom is -0.354 e. The molecule has 0 spiro atoms. The minimum absolute atomic E-state index is 0.176. The fourth-order valence-corrected chi connectivity index (χ4v) is 1.18. The standard InChI is InChI=1S/C8H10N3/c9-8-3-5-11(8)7-2-1-4-10-6-7/h1-2,4,8H,3,5,9H2. The van der Waals surface area contributed by atoms with Crippen molar-refractivity contribution in [2.24, 2.45) is 5.73 Å². The maximum atomic E-state index is 5.73. The Bertz CT molecular complexity index is 234. The molecular formula is C8H10N3. The smallest absolute Gasteiger partial charge is 0.114 e. The van der Waals surface area contributed by atoms with E-state index in [1.54, 1.807) is 6.20 Å².